The third-order valence-electron chi connectivity index (χ3n) is 3.40. The molecule has 1 aromatic carbocycles. The van der Waals surface area contributed by atoms with Crippen LogP contribution in [-0.4, -0.2) is 56.0 Å². The lowest BCUT2D eigenvalue weighted by molar-refractivity contribution is -0.131. The minimum atomic E-state index is -3.18. The summed E-state index contributed by atoms with van der Waals surface area (Å²) in [5.41, 5.74) is 0.792. The molecule has 0 spiro atoms. The van der Waals surface area contributed by atoms with E-state index in [2.05, 4.69) is 0 Å². The van der Waals surface area contributed by atoms with Crippen molar-refractivity contribution in [1.82, 2.24) is 9.21 Å². The second-order valence-corrected chi connectivity index (χ2v) is 7.76. The summed E-state index contributed by atoms with van der Waals surface area (Å²) in [6, 6.07) is 5.10. The predicted octanol–water partition coefficient (Wildman–Crippen LogP) is 1.64. The number of hydrogen-bond donors (Lipinski definition) is 0. The number of carbonyl (C=O) groups excluding carboxylic acids is 1. The molecule has 116 valence electrons. The zero-order valence-electron chi connectivity index (χ0n) is 11.6. The number of rotatable bonds is 3. The van der Waals surface area contributed by atoms with Gasteiger partial charge >= 0.3 is 0 Å². The van der Waals surface area contributed by atoms with E-state index in [1.54, 1.807) is 23.1 Å². The first-order chi connectivity index (χ1) is 9.77. The molecule has 0 unspecified atom stereocenters. The van der Waals surface area contributed by atoms with Crippen LogP contribution in [0.3, 0.4) is 0 Å². The monoisotopic (exact) mass is 350 g/mol. The van der Waals surface area contributed by atoms with Gasteiger partial charge in [0.2, 0.25) is 15.9 Å². The van der Waals surface area contributed by atoms with Crippen molar-refractivity contribution in [3.63, 3.8) is 0 Å². The Bertz CT molecular complexity index is 641. The van der Waals surface area contributed by atoms with Crippen molar-refractivity contribution >= 4 is 39.1 Å². The van der Waals surface area contributed by atoms with Crippen molar-refractivity contribution < 1.29 is 13.2 Å². The fourth-order valence-corrected chi connectivity index (χ4v) is 3.35. The van der Waals surface area contributed by atoms with Crippen LogP contribution in [0, 0.1) is 0 Å². The Morgan fingerprint density at radius 2 is 1.76 bits per heavy atom. The fourth-order valence-electron chi connectivity index (χ4n) is 2.21. The van der Waals surface area contributed by atoms with Crippen LogP contribution in [0.4, 0.5) is 0 Å². The maximum Gasteiger partial charge on any atom is 0.227 e. The molecule has 0 N–H and O–H groups in total. The standard InChI is InChI=1S/C13H16Cl2N2O3S/c1-21(19,20)17-6-4-16(5-7-17)13(18)9-10-2-3-11(14)12(15)8-10/h2-3,8H,4-7,9H2,1H3. The van der Waals surface area contributed by atoms with Gasteiger partial charge in [-0.15, -0.1) is 0 Å². The number of benzene rings is 1. The van der Waals surface area contributed by atoms with Crippen LogP contribution in [0.1, 0.15) is 5.56 Å². The first kappa shape index (κ1) is 16.5. The summed E-state index contributed by atoms with van der Waals surface area (Å²) < 4.78 is 24.2. The van der Waals surface area contributed by atoms with Crippen LogP contribution in [0.25, 0.3) is 0 Å². The van der Waals surface area contributed by atoms with E-state index in [1.165, 1.54) is 10.6 Å². The van der Waals surface area contributed by atoms with Crippen molar-refractivity contribution in [3.8, 4) is 0 Å². The molecule has 0 saturated carbocycles. The molecule has 21 heavy (non-hydrogen) atoms. The summed E-state index contributed by atoms with van der Waals surface area (Å²) in [7, 11) is -3.18. The summed E-state index contributed by atoms with van der Waals surface area (Å²) in [5.74, 6) is -0.0402. The Kier molecular flexibility index (Phi) is 5.14. The van der Waals surface area contributed by atoms with E-state index in [0.29, 0.717) is 36.2 Å². The average Bonchev–Trinajstić information content (AvgIpc) is 2.42. The van der Waals surface area contributed by atoms with Gasteiger partial charge in [-0.3, -0.25) is 4.79 Å². The van der Waals surface area contributed by atoms with E-state index < -0.39 is 10.0 Å². The lowest BCUT2D eigenvalue weighted by atomic mass is 10.1. The predicted molar refractivity (Wildman–Crippen MR) is 83.2 cm³/mol. The molecule has 8 heteroatoms. The molecule has 0 aromatic heterocycles. The van der Waals surface area contributed by atoms with Gasteiger partial charge in [-0.2, -0.15) is 4.31 Å². The molecule has 1 heterocycles. The zero-order chi connectivity index (χ0) is 15.6. The molecule has 0 radical (unpaired) electrons. The number of amides is 1. The molecular formula is C13H16Cl2N2O3S. The van der Waals surface area contributed by atoms with Gasteiger partial charge in [0.1, 0.15) is 0 Å². The number of halogens is 2. The molecule has 2 rings (SSSR count). The number of piperazine rings is 1. The van der Waals surface area contributed by atoms with Crippen LogP contribution in [0.5, 0.6) is 0 Å². The van der Waals surface area contributed by atoms with Crippen LogP contribution >= 0.6 is 23.2 Å². The lowest BCUT2D eigenvalue weighted by Gasteiger charge is -2.33. The van der Waals surface area contributed by atoms with Gasteiger partial charge < -0.3 is 4.90 Å². The third-order valence-corrected chi connectivity index (χ3v) is 5.44. The normalized spacial score (nSPS) is 17.0. The van der Waals surface area contributed by atoms with Gasteiger partial charge in [0.05, 0.1) is 22.7 Å². The second kappa shape index (κ2) is 6.52. The fraction of sp³-hybridized carbons (Fsp3) is 0.462. The van der Waals surface area contributed by atoms with Crippen LogP contribution in [0.2, 0.25) is 10.0 Å². The van der Waals surface area contributed by atoms with Crippen LogP contribution in [0.15, 0.2) is 18.2 Å². The second-order valence-electron chi connectivity index (χ2n) is 4.97. The zero-order valence-corrected chi connectivity index (χ0v) is 13.9. The summed E-state index contributed by atoms with van der Waals surface area (Å²) in [5, 5.41) is 0.874. The van der Waals surface area contributed by atoms with E-state index in [0.717, 1.165) is 5.56 Å². The van der Waals surface area contributed by atoms with E-state index in [-0.39, 0.29) is 12.3 Å². The highest BCUT2D eigenvalue weighted by Gasteiger charge is 2.25. The highest BCUT2D eigenvalue weighted by molar-refractivity contribution is 7.88. The number of nitrogens with zero attached hydrogens (tertiary/aromatic N) is 2. The van der Waals surface area contributed by atoms with Crippen molar-refractivity contribution in [2.75, 3.05) is 32.4 Å². The Morgan fingerprint density at radius 1 is 1.14 bits per heavy atom. The third kappa shape index (κ3) is 4.32. The van der Waals surface area contributed by atoms with Crippen molar-refractivity contribution in [3.05, 3.63) is 33.8 Å². The van der Waals surface area contributed by atoms with Gasteiger partial charge in [0, 0.05) is 26.2 Å². The Labute approximate surface area is 134 Å². The molecule has 5 nitrogen and oxygen atoms in total. The number of carbonyl (C=O) groups is 1. The average molecular weight is 351 g/mol. The van der Waals surface area contributed by atoms with Gasteiger partial charge in [-0.1, -0.05) is 29.3 Å². The van der Waals surface area contributed by atoms with Crippen LogP contribution in [-0.2, 0) is 21.2 Å². The molecule has 1 aliphatic heterocycles. The smallest absolute Gasteiger partial charge is 0.227 e. The van der Waals surface area contributed by atoms with E-state index in [4.69, 9.17) is 23.2 Å². The highest BCUT2D eigenvalue weighted by Crippen LogP contribution is 2.23. The first-order valence-corrected chi connectivity index (χ1v) is 9.04. The van der Waals surface area contributed by atoms with Gasteiger partial charge in [0.15, 0.2) is 0 Å². The molecule has 0 aliphatic carbocycles. The van der Waals surface area contributed by atoms with E-state index in [9.17, 15) is 13.2 Å². The van der Waals surface area contributed by atoms with Gasteiger partial charge in [0.25, 0.3) is 0 Å². The first-order valence-electron chi connectivity index (χ1n) is 6.44. The largest absolute Gasteiger partial charge is 0.340 e. The van der Waals surface area contributed by atoms with Gasteiger partial charge in [-0.05, 0) is 17.7 Å². The summed E-state index contributed by atoms with van der Waals surface area (Å²) in [6.07, 6.45) is 1.41. The Morgan fingerprint density at radius 3 is 2.29 bits per heavy atom. The van der Waals surface area contributed by atoms with Crippen molar-refractivity contribution in [2.45, 2.75) is 6.42 Å². The topological polar surface area (TPSA) is 57.7 Å². The molecule has 1 aliphatic rings. The highest BCUT2D eigenvalue weighted by atomic mass is 35.5. The minimum Gasteiger partial charge on any atom is -0.340 e. The summed E-state index contributed by atoms with van der Waals surface area (Å²) >= 11 is 11.8. The minimum absolute atomic E-state index is 0.0402. The van der Waals surface area contributed by atoms with Crippen LogP contribution < -0.4 is 0 Å². The SMILES string of the molecule is CS(=O)(=O)N1CCN(C(=O)Cc2ccc(Cl)c(Cl)c2)CC1. The molecule has 0 atom stereocenters. The molecule has 1 saturated heterocycles. The number of hydrogen-bond acceptors (Lipinski definition) is 3. The molecule has 0 bridgehead atoms. The maximum atomic E-state index is 12.2. The lowest BCUT2D eigenvalue weighted by Crippen LogP contribution is -2.50. The molecule has 1 fully saturated rings. The molecule has 1 aromatic rings. The molecule has 1 amide bonds. The quantitative estimate of drug-likeness (QED) is 0.832. The van der Waals surface area contributed by atoms with Gasteiger partial charge in [-0.25, -0.2) is 8.42 Å². The summed E-state index contributed by atoms with van der Waals surface area (Å²) in [4.78, 5) is 13.9. The van der Waals surface area contributed by atoms with E-state index >= 15 is 0 Å². The Hall–Kier alpha value is -0.820. The summed E-state index contributed by atoms with van der Waals surface area (Å²) in [6.45, 7) is 1.50. The number of sulfonamides is 1. The molecular weight excluding hydrogens is 335 g/mol. The van der Waals surface area contributed by atoms with Crippen molar-refractivity contribution in [1.29, 1.82) is 0 Å². The maximum absolute atomic E-state index is 12.2. The van der Waals surface area contributed by atoms with Crippen molar-refractivity contribution in [2.24, 2.45) is 0 Å². The Balaban J connectivity index is 1.95. The van der Waals surface area contributed by atoms with E-state index in [1.807, 2.05) is 0 Å².